The van der Waals surface area contributed by atoms with Gasteiger partial charge in [0.05, 0.1) is 13.7 Å². The molecule has 0 fully saturated rings. The maximum atomic E-state index is 10.6. The summed E-state index contributed by atoms with van der Waals surface area (Å²) < 4.78 is 4.40. The summed E-state index contributed by atoms with van der Waals surface area (Å²) in [5, 5.41) is 4.55. The van der Waals surface area contributed by atoms with E-state index in [1.54, 1.807) is 11.3 Å². The Bertz CT molecular complexity index is 220. The minimum Gasteiger partial charge on any atom is -0.453 e. The topological polar surface area (TPSA) is 38.3 Å². The molecule has 0 radical (unpaired) electrons. The van der Waals surface area contributed by atoms with Gasteiger partial charge in [-0.15, -0.1) is 11.3 Å². The van der Waals surface area contributed by atoms with Crippen molar-refractivity contribution in [3.63, 3.8) is 0 Å². The molecule has 0 saturated carbocycles. The second-order valence-electron chi connectivity index (χ2n) is 1.92. The third-order valence-corrected chi connectivity index (χ3v) is 2.05. The summed E-state index contributed by atoms with van der Waals surface area (Å²) >= 11 is 1.61. The summed E-state index contributed by atoms with van der Waals surface area (Å²) in [6, 6.07) is 3.90. The van der Waals surface area contributed by atoms with Crippen molar-refractivity contribution in [1.29, 1.82) is 0 Å². The molecular weight excluding hydrogens is 162 g/mol. The van der Waals surface area contributed by atoms with E-state index in [0.717, 1.165) is 4.88 Å². The molecule has 1 N–H and O–H groups in total. The maximum absolute atomic E-state index is 10.6. The lowest BCUT2D eigenvalue weighted by atomic mass is 10.5. The van der Waals surface area contributed by atoms with Crippen molar-refractivity contribution >= 4 is 17.4 Å². The average molecular weight is 171 g/mol. The van der Waals surface area contributed by atoms with Gasteiger partial charge in [-0.05, 0) is 11.4 Å². The quantitative estimate of drug-likeness (QED) is 0.734. The number of alkyl carbamates (subject to hydrolysis) is 1. The first-order valence-electron chi connectivity index (χ1n) is 3.17. The van der Waals surface area contributed by atoms with Gasteiger partial charge in [-0.2, -0.15) is 0 Å². The molecule has 0 unspecified atom stereocenters. The van der Waals surface area contributed by atoms with Crippen LogP contribution in [0.4, 0.5) is 4.79 Å². The van der Waals surface area contributed by atoms with Crippen LogP contribution in [0, 0.1) is 0 Å². The van der Waals surface area contributed by atoms with E-state index in [1.165, 1.54) is 7.11 Å². The van der Waals surface area contributed by atoms with Gasteiger partial charge in [-0.1, -0.05) is 6.07 Å². The highest BCUT2D eigenvalue weighted by Crippen LogP contribution is 2.06. The number of ether oxygens (including phenoxy) is 1. The zero-order valence-corrected chi connectivity index (χ0v) is 6.98. The summed E-state index contributed by atoms with van der Waals surface area (Å²) in [5.74, 6) is 0. The number of carbonyl (C=O) groups excluding carboxylic acids is 1. The lowest BCUT2D eigenvalue weighted by Gasteiger charge is -1.99. The number of amides is 1. The molecular formula is C7H9NO2S. The average Bonchev–Trinajstić information content (AvgIpc) is 2.52. The SMILES string of the molecule is COC(=O)NCc1cccs1. The van der Waals surface area contributed by atoms with E-state index >= 15 is 0 Å². The predicted octanol–water partition coefficient (Wildman–Crippen LogP) is 1.60. The number of hydrogen-bond donors (Lipinski definition) is 1. The van der Waals surface area contributed by atoms with Gasteiger partial charge < -0.3 is 10.1 Å². The Labute approximate surface area is 69.0 Å². The highest BCUT2D eigenvalue weighted by Gasteiger charge is 1.97. The molecule has 4 heteroatoms. The number of methoxy groups -OCH3 is 1. The Morgan fingerprint density at radius 3 is 3.18 bits per heavy atom. The van der Waals surface area contributed by atoms with Crippen molar-refractivity contribution in [3.05, 3.63) is 22.4 Å². The Morgan fingerprint density at radius 1 is 1.82 bits per heavy atom. The van der Waals surface area contributed by atoms with Crippen LogP contribution in [-0.2, 0) is 11.3 Å². The van der Waals surface area contributed by atoms with Crippen LogP contribution in [0.15, 0.2) is 17.5 Å². The van der Waals surface area contributed by atoms with E-state index in [2.05, 4.69) is 10.1 Å². The van der Waals surface area contributed by atoms with Crippen molar-refractivity contribution in [2.75, 3.05) is 7.11 Å². The minimum absolute atomic E-state index is 0.390. The third kappa shape index (κ3) is 2.59. The maximum Gasteiger partial charge on any atom is 0.407 e. The van der Waals surface area contributed by atoms with E-state index in [1.807, 2.05) is 17.5 Å². The first-order chi connectivity index (χ1) is 5.33. The molecule has 0 saturated heterocycles. The fourth-order valence-corrected chi connectivity index (χ4v) is 1.29. The molecule has 1 aromatic heterocycles. The van der Waals surface area contributed by atoms with Crippen molar-refractivity contribution < 1.29 is 9.53 Å². The Balaban J connectivity index is 2.29. The third-order valence-electron chi connectivity index (χ3n) is 1.17. The second-order valence-corrected chi connectivity index (χ2v) is 2.96. The zero-order chi connectivity index (χ0) is 8.10. The van der Waals surface area contributed by atoms with Gasteiger partial charge in [0.2, 0.25) is 0 Å². The first kappa shape index (κ1) is 8.07. The van der Waals surface area contributed by atoms with Gasteiger partial charge in [0.15, 0.2) is 0 Å². The molecule has 0 aromatic carbocycles. The predicted molar refractivity (Wildman–Crippen MR) is 43.6 cm³/mol. The van der Waals surface area contributed by atoms with E-state index < -0.39 is 6.09 Å². The van der Waals surface area contributed by atoms with Gasteiger partial charge in [0.25, 0.3) is 0 Å². The van der Waals surface area contributed by atoms with E-state index in [9.17, 15) is 4.79 Å². The first-order valence-corrected chi connectivity index (χ1v) is 4.05. The molecule has 0 atom stereocenters. The number of hydrogen-bond acceptors (Lipinski definition) is 3. The summed E-state index contributed by atoms with van der Waals surface area (Å²) in [5.41, 5.74) is 0. The summed E-state index contributed by atoms with van der Waals surface area (Å²) in [7, 11) is 1.35. The van der Waals surface area contributed by atoms with Gasteiger partial charge >= 0.3 is 6.09 Å². The smallest absolute Gasteiger partial charge is 0.407 e. The summed E-state index contributed by atoms with van der Waals surface area (Å²) in [6.07, 6.45) is -0.390. The van der Waals surface area contributed by atoms with Crippen LogP contribution in [0.2, 0.25) is 0 Å². The highest BCUT2D eigenvalue weighted by atomic mass is 32.1. The lowest BCUT2D eigenvalue weighted by molar-refractivity contribution is 0.170. The van der Waals surface area contributed by atoms with Crippen molar-refractivity contribution in [3.8, 4) is 0 Å². The van der Waals surface area contributed by atoms with Crippen LogP contribution in [-0.4, -0.2) is 13.2 Å². The molecule has 60 valence electrons. The molecule has 3 nitrogen and oxygen atoms in total. The van der Waals surface area contributed by atoms with Gasteiger partial charge in [0, 0.05) is 4.88 Å². The van der Waals surface area contributed by atoms with E-state index in [0.29, 0.717) is 6.54 Å². The number of thiophene rings is 1. The number of nitrogens with one attached hydrogen (secondary N) is 1. The monoisotopic (exact) mass is 171 g/mol. The molecule has 1 heterocycles. The molecule has 0 aliphatic carbocycles. The van der Waals surface area contributed by atoms with Gasteiger partial charge in [-0.25, -0.2) is 4.79 Å². The lowest BCUT2D eigenvalue weighted by Crippen LogP contribution is -2.21. The summed E-state index contributed by atoms with van der Waals surface area (Å²) in [4.78, 5) is 11.7. The van der Waals surface area contributed by atoms with Crippen LogP contribution < -0.4 is 5.32 Å². The molecule has 0 spiro atoms. The van der Waals surface area contributed by atoms with Crippen LogP contribution >= 0.6 is 11.3 Å². The number of carbonyl (C=O) groups is 1. The normalized spacial score (nSPS) is 9.18. The van der Waals surface area contributed by atoms with E-state index in [4.69, 9.17) is 0 Å². The Morgan fingerprint density at radius 2 is 2.64 bits per heavy atom. The molecule has 1 aromatic rings. The van der Waals surface area contributed by atoms with Crippen LogP contribution in [0.5, 0.6) is 0 Å². The van der Waals surface area contributed by atoms with Crippen LogP contribution in [0.1, 0.15) is 4.88 Å². The molecule has 0 aliphatic rings. The Hall–Kier alpha value is -1.03. The van der Waals surface area contributed by atoms with Crippen LogP contribution in [0.3, 0.4) is 0 Å². The molecule has 11 heavy (non-hydrogen) atoms. The fraction of sp³-hybridized carbons (Fsp3) is 0.286. The molecule has 1 amide bonds. The Kier molecular flexibility index (Phi) is 2.92. The standard InChI is InChI=1S/C7H9NO2S/c1-10-7(9)8-5-6-3-2-4-11-6/h2-4H,5H2,1H3,(H,8,9). The van der Waals surface area contributed by atoms with Gasteiger partial charge in [-0.3, -0.25) is 0 Å². The minimum atomic E-state index is -0.390. The molecule has 0 bridgehead atoms. The van der Waals surface area contributed by atoms with Crippen molar-refractivity contribution in [2.24, 2.45) is 0 Å². The van der Waals surface area contributed by atoms with Gasteiger partial charge in [0.1, 0.15) is 0 Å². The fourth-order valence-electron chi connectivity index (χ4n) is 0.645. The highest BCUT2D eigenvalue weighted by molar-refractivity contribution is 7.09. The van der Waals surface area contributed by atoms with Crippen LogP contribution in [0.25, 0.3) is 0 Å². The summed E-state index contributed by atoms with van der Waals surface area (Å²) in [6.45, 7) is 0.546. The number of rotatable bonds is 2. The molecule has 1 rings (SSSR count). The zero-order valence-electron chi connectivity index (χ0n) is 6.16. The van der Waals surface area contributed by atoms with Crippen molar-refractivity contribution in [1.82, 2.24) is 5.32 Å². The van der Waals surface area contributed by atoms with Crippen molar-refractivity contribution in [2.45, 2.75) is 6.54 Å². The molecule has 0 aliphatic heterocycles. The largest absolute Gasteiger partial charge is 0.453 e. The van der Waals surface area contributed by atoms with E-state index in [-0.39, 0.29) is 0 Å². The second kappa shape index (κ2) is 3.98.